The molecule has 2 aliphatic carbocycles. The van der Waals surface area contributed by atoms with E-state index in [0.29, 0.717) is 6.04 Å². The highest BCUT2D eigenvalue weighted by molar-refractivity contribution is 4.84. The van der Waals surface area contributed by atoms with Gasteiger partial charge in [-0.1, -0.05) is 0 Å². The Balaban J connectivity index is 1.44. The minimum Gasteiger partial charge on any atom is -0.327 e. The summed E-state index contributed by atoms with van der Waals surface area (Å²) in [5.41, 5.74) is 5.97. The summed E-state index contributed by atoms with van der Waals surface area (Å²) in [7, 11) is 0. The second kappa shape index (κ2) is 3.75. The van der Waals surface area contributed by atoms with E-state index in [2.05, 4.69) is 5.32 Å². The maximum atomic E-state index is 5.97. The van der Waals surface area contributed by atoms with Gasteiger partial charge in [-0.15, -0.1) is 0 Å². The van der Waals surface area contributed by atoms with E-state index in [1.165, 1.54) is 38.6 Å². The third-order valence-electron chi connectivity index (χ3n) is 3.01. The Labute approximate surface area is 74.9 Å². The summed E-state index contributed by atoms with van der Waals surface area (Å²) in [5, 5.41) is 3.48. The van der Waals surface area contributed by atoms with Crippen molar-refractivity contribution >= 4 is 0 Å². The minimum atomic E-state index is 0.483. The summed E-state index contributed by atoms with van der Waals surface area (Å²) < 4.78 is 0. The van der Waals surface area contributed by atoms with Gasteiger partial charge in [0, 0.05) is 6.04 Å². The normalized spacial score (nSPS) is 25.8. The molecule has 1 unspecified atom stereocenters. The van der Waals surface area contributed by atoms with Gasteiger partial charge in [0.25, 0.3) is 0 Å². The topological polar surface area (TPSA) is 38.0 Å². The maximum absolute atomic E-state index is 5.97. The maximum Gasteiger partial charge on any atom is 0.00792 e. The van der Waals surface area contributed by atoms with E-state index in [4.69, 9.17) is 5.73 Å². The molecule has 2 saturated carbocycles. The molecular formula is C10H20N2. The summed E-state index contributed by atoms with van der Waals surface area (Å²) in [5.74, 6) is 1.87. The average molecular weight is 168 g/mol. The number of nitrogens with one attached hydrogen (secondary N) is 1. The van der Waals surface area contributed by atoms with E-state index in [0.717, 1.165) is 18.4 Å². The van der Waals surface area contributed by atoms with Crippen LogP contribution in [-0.4, -0.2) is 19.1 Å². The molecule has 2 rings (SSSR count). The lowest BCUT2D eigenvalue weighted by Gasteiger charge is -2.10. The molecule has 0 spiro atoms. The Kier molecular flexibility index (Phi) is 2.66. The van der Waals surface area contributed by atoms with Crippen LogP contribution in [0.5, 0.6) is 0 Å². The molecule has 0 aromatic carbocycles. The Bertz CT molecular complexity index is 139. The Morgan fingerprint density at radius 2 is 2.00 bits per heavy atom. The number of hydrogen-bond donors (Lipinski definition) is 2. The first-order valence-electron chi connectivity index (χ1n) is 5.32. The monoisotopic (exact) mass is 168 g/mol. The number of nitrogens with two attached hydrogens (primary N) is 1. The van der Waals surface area contributed by atoms with Crippen molar-refractivity contribution in [2.75, 3.05) is 13.1 Å². The molecule has 2 fully saturated rings. The Hall–Kier alpha value is -0.0800. The van der Waals surface area contributed by atoms with Crippen LogP contribution in [0.25, 0.3) is 0 Å². The molecule has 0 aromatic heterocycles. The van der Waals surface area contributed by atoms with E-state index < -0.39 is 0 Å². The molecule has 0 saturated heterocycles. The molecule has 1 atom stereocenters. The second-order valence-electron chi connectivity index (χ2n) is 4.44. The zero-order valence-corrected chi connectivity index (χ0v) is 7.76. The fourth-order valence-electron chi connectivity index (χ4n) is 1.66. The van der Waals surface area contributed by atoms with Crippen LogP contribution in [0.3, 0.4) is 0 Å². The first kappa shape index (κ1) is 8.52. The van der Waals surface area contributed by atoms with Crippen LogP contribution in [0.1, 0.15) is 32.1 Å². The molecular weight excluding hydrogens is 148 g/mol. The molecule has 0 amide bonds. The summed E-state index contributed by atoms with van der Waals surface area (Å²) >= 11 is 0. The van der Waals surface area contributed by atoms with E-state index in [1.807, 2.05) is 0 Å². The second-order valence-corrected chi connectivity index (χ2v) is 4.44. The summed E-state index contributed by atoms with van der Waals surface area (Å²) in [6.45, 7) is 2.37. The van der Waals surface area contributed by atoms with Gasteiger partial charge in [0.15, 0.2) is 0 Å². The van der Waals surface area contributed by atoms with Crippen molar-refractivity contribution < 1.29 is 0 Å². The van der Waals surface area contributed by atoms with Gasteiger partial charge in [-0.05, 0) is 57.0 Å². The quantitative estimate of drug-likeness (QED) is 0.583. The molecule has 2 aliphatic rings. The minimum absolute atomic E-state index is 0.483. The van der Waals surface area contributed by atoms with E-state index in [-0.39, 0.29) is 0 Å². The molecule has 70 valence electrons. The molecule has 2 heteroatoms. The predicted molar refractivity (Wildman–Crippen MR) is 50.9 cm³/mol. The fourth-order valence-corrected chi connectivity index (χ4v) is 1.66. The van der Waals surface area contributed by atoms with Gasteiger partial charge in [-0.2, -0.15) is 0 Å². The molecule has 0 aliphatic heterocycles. The molecule has 3 N–H and O–H groups in total. The highest BCUT2D eigenvalue weighted by Crippen LogP contribution is 2.32. The predicted octanol–water partition coefficient (Wildman–Crippen LogP) is 1.11. The van der Waals surface area contributed by atoms with Crippen LogP contribution >= 0.6 is 0 Å². The van der Waals surface area contributed by atoms with Gasteiger partial charge in [0.2, 0.25) is 0 Å². The van der Waals surface area contributed by atoms with Crippen LogP contribution in [0.4, 0.5) is 0 Å². The highest BCUT2D eigenvalue weighted by Gasteiger charge is 2.28. The third-order valence-corrected chi connectivity index (χ3v) is 3.01. The van der Waals surface area contributed by atoms with Crippen LogP contribution in [-0.2, 0) is 0 Å². The number of hydrogen-bond acceptors (Lipinski definition) is 2. The van der Waals surface area contributed by atoms with Crippen molar-refractivity contribution in [3.63, 3.8) is 0 Å². The van der Waals surface area contributed by atoms with E-state index in [1.54, 1.807) is 0 Å². The van der Waals surface area contributed by atoms with Crippen LogP contribution in [0.2, 0.25) is 0 Å². The van der Waals surface area contributed by atoms with Crippen molar-refractivity contribution in [2.45, 2.75) is 38.1 Å². The average Bonchev–Trinajstić information content (AvgIpc) is 2.85. The molecule has 12 heavy (non-hydrogen) atoms. The summed E-state index contributed by atoms with van der Waals surface area (Å²) in [4.78, 5) is 0. The van der Waals surface area contributed by atoms with Crippen molar-refractivity contribution in [3.8, 4) is 0 Å². The Morgan fingerprint density at radius 1 is 1.25 bits per heavy atom. The summed E-state index contributed by atoms with van der Waals surface area (Å²) in [6, 6.07) is 0.483. The largest absolute Gasteiger partial charge is 0.327 e. The standard InChI is InChI=1S/C10H20N2/c11-10(9-3-4-9)5-6-12-7-8-1-2-8/h8-10,12H,1-7,11H2. The van der Waals surface area contributed by atoms with Crippen LogP contribution in [0, 0.1) is 11.8 Å². The highest BCUT2D eigenvalue weighted by atomic mass is 14.9. The lowest BCUT2D eigenvalue weighted by atomic mass is 10.1. The molecule has 0 radical (unpaired) electrons. The van der Waals surface area contributed by atoms with E-state index >= 15 is 0 Å². The van der Waals surface area contributed by atoms with Crippen LogP contribution in [0.15, 0.2) is 0 Å². The molecule has 0 heterocycles. The number of rotatable bonds is 6. The molecule has 0 bridgehead atoms. The first-order chi connectivity index (χ1) is 5.86. The zero-order chi connectivity index (χ0) is 8.39. The van der Waals surface area contributed by atoms with Gasteiger partial charge >= 0.3 is 0 Å². The summed E-state index contributed by atoms with van der Waals surface area (Å²) in [6.07, 6.45) is 6.83. The van der Waals surface area contributed by atoms with Gasteiger partial charge in [-0.3, -0.25) is 0 Å². The molecule has 0 aromatic rings. The Morgan fingerprint density at radius 3 is 2.58 bits per heavy atom. The van der Waals surface area contributed by atoms with Gasteiger partial charge in [-0.25, -0.2) is 0 Å². The van der Waals surface area contributed by atoms with E-state index in [9.17, 15) is 0 Å². The lowest BCUT2D eigenvalue weighted by molar-refractivity contribution is 0.511. The van der Waals surface area contributed by atoms with Crippen molar-refractivity contribution in [1.29, 1.82) is 0 Å². The zero-order valence-electron chi connectivity index (χ0n) is 7.76. The van der Waals surface area contributed by atoms with Gasteiger partial charge in [0.1, 0.15) is 0 Å². The smallest absolute Gasteiger partial charge is 0.00792 e. The SMILES string of the molecule is NC(CCNCC1CC1)C1CC1. The first-order valence-corrected chi connectivity index (χ1v) is 5.32. The van der Waals surface area contributed by atoms with Gasteiger partial charge in [0.05, 0.1) is 0 Å². The lowest BCUT2D eigenvalue weighted by Crippen LogP contribution is -2.29. The van der Waals surface area contributed by atoms with Crippen molar-refractivity contribution in [2.24, 2.45) is 17.6 Å². The van der Waals surface area contributed by atoms with Crippen molar-refractivity contribution in [3.05, 3.63) is 0 Å². The fraction of sp³-hybridized carbons (Fsp3) is 1.00. The van der Waals surface area contributed by atoms with Crippen molar-refractivity contribution in [1.82, 2.24) is 5.32 Å². The van der Waals surface area contributed by atoms with Crippen LogP contribution < -0.4 is 11.1 Å². The molecule has 2 nitrogen and oxygen atoms in total. The van der Waals surface area contributed by atoms with Gasteiger partial charge < -0.3 is 11.1 Å². The third kappa shape index (κ3) is 2.76.